The normalized spacial score (nSPS) is 10.7. The number of carbonyl (C=O) groups excluding carboxylic acids is 1. The number of phenols is 1. The number of nitro benzene ring substituents is 1. The number of benzene rings is 2. The first-order valence-corrected chi connectivity index (χ1v) is 6.96. The van der Waals surface area contributed by atoms with E-state index in [9.17, 15) is 24.8 Å². The van der Waals surface area contributed by atoms with E-state index in [0.29, 0.717) is 5.56 Å². The summed E-state index contributed by atoms with van der Waals surface area (Å²) in [6.45, 7) is 0. The fourth-order valence-corrected chi connectivity index (χ4v) is 1.95. The molecule has 2 rings (SSSR count). The van der Waals surface area contributed by atoms with E-state index in [1.807, 2.05) is 0 Å². The summed E-state index contributed by atoms with van der Waals surface area (Å²) < 4.78 is 5.09. The molecular formula is C17H10N2O7. The van der Waals surface area contributed by atoms with Gasteiger partial charge in [0.2, 0.25) is 0 Å². The first-order chi connectivity index (χ1) is 12.3. The van der Waals surface area contributed by atoms with E-state index in [0.717, 1.165) is 24.3 Å². The molecule has 0 aliphatic rings. The van der Waals surface area contributed by atoms with Gasteiger partial charge in [0, 0.05) is 12.1 Å². The minimum atomic E-state index is -1.39. The Hall–Kier alpha value is -4.19. The monoisotopic (exact) mass is 354 g/mol. The number of ether oxygens (including phenoxy) is 1. The van der Waals surface area contributed by atoms with Gasteiger partial charge < -0.3 is 14.9 Å². The average Bonchev–Trinajstić information content (AvgIpc) is 2.59. The van der Waals surface area contributed by atoms with Crippen LogP contribution in [0.2, 0.25) is 0 Å². The van der Waals surface area contributed by atoms with Crippen LogP contribution >= 0.6 is 0 Å². The van der Waals surface area contributed by atoms with Crippen LogP contribution in [0, 0.1) is 21.4 Å². The molecule has 9 heteroatoms. The van der Waals surface area contributed by atoms with Gasteiger partial charge in [-0.15, -0.1) is 0 Å². The molecule has 2 aromatic rings. The van der Waals surface area contributed by atoms with Crippen molar-refractivity contribution in [1.29, 1.82) is 5.26 Å². The SMILES string of the molecule is N#CC(=Cc1cccc(OC(=O)c2ccc([N+](=O)[O-])c(O)c2)c1)C(=O)O. The molecule has 0 aliphatic carbocycles. The Kier molecular flexibility index (Phi) is 5.30. The highest BCUT2D eigenvalue weighted by Gasteiger charge is 2.17. The number of phenolic OH excluding ortho intramolecular Hbond substituents is 1. The summed E-state index contributed by atoms with van der Waals surface area (Å²) >= 11 is 0. The van der Waals surface area contributed by atoms with Crippen LogP contribution in [0.15, 0.2) is 48.0 Å². The van der Waals surface area contributed by atoms with Crippen LogP contribution in [0.25, 0.3) is 6.08 Å². The number of rotatable bonds is 5. The van der Waals surface area contributed by atoms with Crippen LogP contribution in [0.1, 0.15) is 15.9 Å². The third-order valence-corrected chi connectivity index (χ3v) is 3.14. The van der Waals surface area contributed by atoms with Crippen molar-refractivity contribution in [2.75, 3.05) is 0 Å². The van der Waals surface area contributed by atoms with E-state index < -0.39 is 33.9 Å². The molecule has 0 radical (unpaired) electrons. The second-order valence-electron chi connectivity index (χ2n) is 4.90. The fraction of sp³-hybridized carbons (Fsp3) is 0. The number of aromatic hydroxyl groups is 1. The first kappa shape index (κ1) is 18.2. The molecular weight excluding hydrogens is 344 g/mol. The lowest BCUT2D eigenvalue weighted by Gasteiger charge is -2.06. The highest BCUT2D eigenvalue weighted by molar-refractivity contribution is 5.96. The molecule has 9 nitrogen and oxygen atoms in total. The van der Waals surface area contributed by atoms with E-state index in [1.54, 1.807) is 0 Å². The molecule has 0 saturated carbocycles. The number of esters is 1. The van der Waals surface area contributed by atoms with Crippen molar-refractivity contribution in [3.8, 4) is 17.6 Å². The second-order valence-corrected chi connectivity index (χ2v) is 4.90. The summed E-state index contributed by atoms with van der Waals surface area (Å²) in [5.41, 5.74) is -0.835. The quantitative estimate of drug-likeness (QED) is 0.207. The van der Waals surface area contributed by atoms with Crippen molar-refractivity contribution in [2.24, 2.45) is 0 Å². The zero-order chi connectivity index (χ0) is 19.3. The number of carboxylic acids is 1. The molecule has 0 atom stereocenters. The lowest BCUT2D eigenvalue weighted by atomic mass is 10.1. The molecule has 0 heterocycles. The lowest BCUT2D eigenvalue weighted by molar-refractivity contribution is -0.385. The second kappa shape index (κ2) is 7.59. The molecule has 0 aromatic heterocycles. The van der Waals surface area contributed by atoms with Crippen molar-refractivity contribution in [1.82, 2.24) is 0 Å². The van der Waals surface area contributed by atoms with Gasteiger partial charge in [-0.2, -0.15) is 5.26 Å². The van der Waals surface area contributed by atoms with Crippen molar-refractivity contribution >= 4 is 23.7 Å². The molecule has 0 unspecified atom stereocenters. The van der Waals surface area contributed by atoms with Gasteiger partial charge in [-0.25, -0.2) is 9.59 Å². The van der Waals surface area contributed by atoms with E-state index in [1.165, 1.54) is 30.3 Å². The van der Waals surface area contributed by atoms with E-state index in [4.69, 9.17) is 15.1 Å². The summed E-state index contributed by atoms with van der Waals surface area (Å²) in [5, 5.41) is 37.8. The maximum atomic E-state index is 12.1. The third kappa shape index (κ3) is 4.21. The number of nitro groups is 1. The van der Waals surface area contributed by atoms with Crippen LogP contribution in [0.5, 0.6) is 11.5 Å². The Morgan fingerprint density at radius 3 is 2.54 bits per heavy atom. The van der Waals surface area contributed by atoms with E-state index in [-0.39, 0.29) is 11.3 Å². The maximum Gasteiger partial charge on any atom is 0.346 e. The molecule has 26 heavy (non-hydrogen) atoms. The molecule has 0 spiro atoms. The van der Waals surface area contributed by atoms with Crippen molar-refractivity contribution < 1.29 is 29.5 Å². The Morgan fingerprint density at radius 2 is 1.96 bits per heavy atom. The standard InChI is InChI=1S/C17H10N2O7/c18-9-12(16(21)22)6-10-2-1-3-13(7-10)26-17(23)11-4-5-14(19(24)25)15(20)8-11/h1-8,20H,(H,21,22). The summed E-state index contributed by atoms with van der Waals surface area (Å²) in [5.74, 6) is -2.89. The minimum absolute atomic E-state index is 0.0595. The largest absolute Gasteiger partial charge is 0.502 e. The highest BCUT2D eigenvalue weighted by atomic mass is 16.6. The van der Waals surface area contributed by atoms with Gasteiger partial charge in [0.1, 0.15) is 17.4 Å². The minimum Gasteiger partial charge on any atom is -0.502 e. The van der Waals surface area contributed by atoms with Crippen LogP contribution in [0.4, 0.5) is 5.69 Å². The molecule has 0 bridgehead atoms. The van der Waals surface area contributed by atoms with E-state index in [2.05, 4.69) is 0 Å². The van der Waals surface area contributed by atoms with Gasteiger partial charge in [0.25, 0.3) is 0 Å². The zero-order valence-corrected chi connectivity index (χ0v) is 12.9. The van der Waals surface area contributed by atoms with Crippen molar-refractivity contribution in [2.45, 2.75) is 0 Å². The third-order valence-electron chi connectivity index (χ3n) is 3.14. The van der Waals surface area contributed by atoms with Gasteiger partial charge in [0.05, 0.1) is 10.5 Å². The van der Waals surface area contributed by atoms with Crippen molar-refractivity contribution in [3.63, 3.8) is 0 Å². The van der Waals surface area contributed by atoms with E-state index >= 15 is 0 Å². The van der Waals surface area contributed by atoms with Gasteiger partial charge in [-0.1, -0.05) is 12.1 Å². The van der Waals surface area contributed by atoms with Gasteiger partial charge in [0.15, 0.2) is 5.75 Å². The Balaban J connectivity index is 2.24. The maximum absolute atomic E-state index is 12.1. The van der Waals surface area contributed by atoms with Crippen molar-refractivity contribution in [3.05, 3.63) is 69.3 Å². The number of aliphatic carboxylic acids is 1. The molecule has 130 valence electrons. The van der Waals surface area contributed by atoms with Crippen LogP contribution in [0.3, 0.4) is 0 Å². The zero-order valence-electron chi connectivity index (χ0n) is 12.9. The predicted octanol–water partition coefficient (Wildman–Crippen LogP) is 2.51. The summed E-state index contributed by atoms with van der Waals surface area (Å²) in [6, 6.07) is 10.3. The number of carboxylic acid groups (broad SMARTS) is 1. The van der Waals surface area contributed by atoms with Crippen LogP contribution in [-0.4, -0.2) is 27.1 Å². The predicted molar refractivity (Wildman–Crippen MR) is 87.4 cm³/mol. The average molecular weight is 354 g/mol. The molecule has 0 aliphatic heterocycles. The first-order valence-electron chi connectivity index (χ1n) is 6.96. The molecule has 0 fully saturated rings. The fourth-order valence-electron chi connectivity index (χ4n) is 1.95. The number of hydrogen-bond donors (Lipinski definition) is 2. The van der Waals surface area contributed by atoms with Gasteiger partial charge >= 0.3 is 17.6 Å². The smallest absolute Gasteiger partial charge is 0.346 e. The molecule has 2 N–H and O–H groups in total. The molecule has 0 amide bonds. The van der Waals surface area contributed by atoms with Crippen LogP contribution < -0.4 is 4.74 Å². The highest BCUT2D eigenvalue weighted by Crippen LogP contribution is 2.27. The van der Waals surface area contributed by atoms with Gasteiger partial charge in [-0.3, -0.25) is 10.1 Å². The number of hydrogen-bond acceptors (Lipinski definition) is 7. The Bertz CT molecular complexity index is 973. The summed E-state index contributed by atoms with van der Waals surface area (Å²) in [7, 11) is 0. The van der Waals surface area contributed by atoms with Gasteiger partial charge in [-0.05, 0) is 29.8 Å². The number of carbonyl (C=O) groups is 2. The lowest BCUT2D eigenvalue weighted by Crippen LogP contribution is -2.08. The Morgan fingerprint density at radius 1 is 1.23 bits per heavy atom. The van der Waals surface area contributed by atoms with Crippen LogP contribution in [-0.2, 0) is 4.79 Å². The summed E-state index contributed by atoms with van der Waals surface area (Å²) in [6.07, 6.45) is 1.11. The summed E-state index contributed by atoms with van der Waals surface area (Å²) in [4.78, 5) is 32.8. The number of nitrogens with zero attached hydrogens (tertiary/aromatic N) is 2. The number of nitriles is 1. The molecule has 0 saturated heterocycles. The Labute approximate surface area is 146 Å². The topological polar surface area (TPSA) is 151 Å². The molecule has 2 aromatic carbocycles.